The summed E-state index contributed by atoms with van der Waals surface area (Å²) >= 11 is 7.01. The van der Waals surface area contributed by atoms with Crippen molar-refractivity contribution in [2.75, 3.05) is 19.0 Å². The number of methoxy groups -OCH3 is 1. The summed E-state index contributed by atoms with van der Waals surface area (Å²) in [5.74, 6) is 0.163. The Balaban J connectivity index is 1.88. The zero-order chi connectivity index (χ0) is 20.3. The predicted octanol–water partition coefficient (Wildman–Crippen LogP) is 6.02. The van der Waals surface area contributed by atoms with Gasteiger partial charge in [0.05, 0.1) is 18.8 Å². The molecule has 2 N–H and O–H groups in total. The lowest BCUT2D eigenvalue weighted by molar-refractivity contribution is -0.274. The third-order valence-corrected chi connectivity index (χ3v) is 5.36. The van der Waals surface area contributed by atoms with E-state index < -0.39 is 6.36 Å². The molecule has 2 aromatic rings. The Hall–Kier alpha value is -1.45. The monoisotopic (exact) mass is 522 g/mol. The molecule has 1 aliphatic rings. The molecule has 0 aromatic heterocycles. The van der Waals surface area contributed by atoms with Crippen LogP contribution in [0.2, 0.25) is 0 Å². The van der Waals surface area contributed by atoms with Crippen molar-refractivity contribution in [3.8, 4) is 11.5 Å². The second kappa shape index (κ2) is 8.92. The summed E-state index contributed by atoms with van der Waals surface area (Å²) in [6.45, 7) is 0.862. The number of anilines is 1. The van der Waals surface area contributed by atoms with Crippen molar-refractivity contribution in [3.05, 3.63) is 50.9 Å². The molecule has 28 heavy (non-hydrogen) atoms. The highest BCUT2D eigenvalue weighted by Gasteiger charge is 2.32. The van der Waals surface area contributed by atoms with E-state index in [4.69, 9.17) is 4.74 Å². The molecule has 0 radical (unpaired) electrons. The van der Waals surface area contributed by atoms with Crippen LogP contribution in [0.3, 0.4) is 0 Å². The van der Waals surface area contributed by atoms with Crippen molar-refractivity contribution in [3.63, 3.8) is 0 Å². The molecular formula is C19H19Br2F3N2O2. The Morgan fingerprint density at radius 3 is 2.46 bits per heavy atom. The quantitative estimate of drug-likeness (QED) is 0.502. The molecular weight excluding hydrogens is 505 g/mol. The minimum Gasteiger partial charge on any atom is -0.495 e. The molecule has 1 saturated heterocycles. The van der Waals surface area contributed by atoms with E-state index >= 15 is 0 Å². The zero-order valence-electron chi connectivity index (χ0n) is 14.9. The third-order valence-electron chi connectivity index (χ3n) is 4.45. The van der Waals surface area contributed by atoms with E-state index in [-0.39, 0.29) is 17.8 Å². The molecule has 1 fully saturated rings. The standard InChI is InChI=1S/C19H19Br2F3N2O2/c1-27-17-5-4-14(28-19(22,23)24)10-16(17)26-15-3-2-6-25-18(15)11-7-12(20)9-13(21)8-11/h4-5,7-10,15,18,25-26H,2-3,6H2,1H3/t15-,18-/m0/s1. The highest BCUT2D eigenvalue weighted by molar-refractivity contribution is 9.11. The van der Waals surface area contributed by atoms with E-state index in [9.17, 15) is 13.2 Å². The highest BCUT2D eigenvalue weighted by Crippen LogP contribution is 2.36. The van der Waals surface area contributed by atoms with E-state index in [0.717, 1.165) is 33.9 Å². The lowest BCUT2D eigenvalue weighted by Crippen LogP contribution is -2.42. The predicted molar refractivity (Wildman–Crippen MR) is 109 cm³/mol. The van der Waals surface area contributed by atoms with Gasteiger partial charge in [0.15, 0.2) is 0 Å². The Morgan fingerprint density at radius 1 is 1.11 bits per heavy atom. The fourth-order valence-electron chi connectivity index (χ4n) is 3.35. The normalized spacial score (nSPS) is 19.9. The van der Waals surface area contributed by atoms with Crippen LogP contribution in [-0.2, 0) is 0 Å². The van der Waals surface area contributed by atoms with Crippen LogP contribution in [0.25, 0.3) is 0 Å². The van der Waals surface area contributed by atoms with E-state index in [2.05, 4.69) is 47.2 Å². The van der Waals surface area contributed by atoms with E-state index in [1.165, 1.54) is 25.3 Å². The minimum atomic E-state index is -4.75. The van der Waals surface area contributed by atoms with E-state index in [1.807, 2.05) is 18.2 Å². The van der Waals surface area contributed by atoms with Gasteiger partial charge in [-0.05, 0) is 55.3 Å². The van der Waals surface area contributed by atoms with Crippen molar-refractivity contribution in [2.24, 2.45) is 0 Å². The molecule has 1 heterocycles. The number of rotatable bonds is 5. The van der Waals surface area contributed by atoms with Gasteiger partial charge in [0.2, 0.25) is 0 Å². The van der Waals surface area contributed by atoms with Gasteiger partial charge >= 0.3 is 6.36 Å². The van der Waals surface area contributed by atoms with Crippen molar-refractivity contribution in [1.29, 1.82) is 0 Å². The van der Waals surface area contributed by atoms with Gasteiger partial charge < -0.3 is 20.1 Å². The minimum absolute atomic E-state index is 0.0144. The molecule has 3 rings (SSSR count). The van der Waals surface area contributed by atoms with Crippen LogP contribution >= 0.6 is 31.9 Å². The van der Waals surface area contributed by atoms with Crippen LogP contribution in [-0.4, -0.2) is 26.1 Å². The summed E-state index contributed by atoms with van der Waals surface area (Å²) in [5, 5.41) is 6.84. The zero-order valence-corrected chi connectivity index (χ0v) is 18.1. The molecule has 0 amide bonds. The smallest absolute Gasteiger partial charge is 0.495 e. The molecule has 9 heteroatoms. The van der Waals surface area contributed by atoms with Gasteiger partial charge in [-0.15, -0.1) is 13.2 Å². The molecule has 0 unspecified atom stereocenters. The first-order chi connectivity index (χ1) is 13.2. The molecule has 152 valence electrons. The lowest BCUT2D eigenvalue weighted by atomic mass is 9.92. The van der Waals surface area contributed by atoms with E-state index in [0.29, 0.717) is 11.4 Å². The average Bonchev–Trinajstić information content (AvgIpc) is 2.60. The van der Waals surface area contributed by atoms with Gasteiger partial charge in [0, 0.05) is 21.1 Å². The Labute approximate surface area is 178 Å². The maximum atomic E-state index is 12.6. The first-order valence-electron chi connectivity index (χ1n) is 8.65. The van der Waals surface area contributed by atoms with Gasteiger partial charge in [-0.1, -0.05) is 31.9 Å². The fraction of sp³-hybridized carbons (Fsp3) is 0.368. The second-order valence-electron chi connectivity index (χ2n) is 6.44. The summed E-state index contributed by atoms with van der Waals surface area (Å²) in [6, 6.07) is 9.98. The molecule has 0 spiro atoms. The Morgan fingerprint density at radius 2 is 1.82 bits per heavy atom. The third kappa shape index (κ3) is 5.55. The van der Waals surface area contributed by atoms with Crippen LogP contribution in [0.1, 0.15) is 24.4 Å². The number of halogens is 5. The summed E-state index contributed by atoms with van der Waals surface area (Å²) in [4.78, 5) is 0. The maximum absolute atomic E-state index is 12.6. The number of nitrogens with one attached hydrogen (secondary N) is 2. The summed E-state index contributed by atoms with van der Waals surface area (Å²) in [6.07, 6.45) is -2.94. The second-order valence-corrected chi connectivity index (χ2v) is 8.27. The van der Waals surface area contributed by atoms with E-state index in [1.54, 1.807) is 0 Å². The molecule has 4 nitrogen and oxygen atoms in total. The van der Waals surface area contributed by atoms with Crippen LogP contribution in [0, 0.1) is 0 Å². The largest absolute Gasteiger partial charge is 0.573 e. The average molecular weight is 524 g/mol. The highest BCUT2D eigenvalue weighted by atomic mass is 79.9. The number of piperidine rings is 1. The molecule has 2 atom stereocenters. The van der Waals surface area contributed by atoms with Gasteiger partial charge in [-0.2, -0.15) is 0 Å². The van der Waals surface area contributed by atoms with Crippen LogP contribution < -0.4 is 20.1 Å². The van der Waals surface area contributed by atoms with Gasteiger partial charge in [0.25, 0.3) is 0 Å². The first-order valence-corrected chi connectivity index (χ1v) is 10.2. The number of benzene rings is 2. The first kappa shape index (κ1) is 21.3. The molecule has 0 bridgehead atoms. The Bertz CT molecular complexity index is 813. The van der Waals surface area contributed by atoms with Crippen molar-refractivity contribution in [1.82, 2.24) is 5.32 Å². The van der Waals surface area contributed by atoms with Gasteiger partial charge in [-0.25, -0.2) is 0 Å². The number of alkyl halides is 3. The fourth-order valence-corrected chi connectivity index (χ4v) is 4.67. The summed E-state index contributed by atoms with van der Waals surface area (Å²) < 4.78 is 49.0. The van der Waals surface area contributed by atoms with Crippen LogP contribution in [0.5, 0.6) is 11.5 Å². The summed E-state index contributed by atoms with van der Waals surface area (Å²) in [5.41, 5.74) is 1.53. The van der Waals surface area contributed by atoms with Crippen LogP contribution in [0.4, 0.5) is 18.9 Å². The molecule has 0 saturated carbocycles. The van der Waals surface area contributed by atoms with Crippen molar-refractivity contribution in [2.45, 2.75) is 31.3 Å². The SMILES string of the molecule is COc1ccc(OC(F)(F)F)cc1N[C@H]1CCCN[C@H]1c1cc(Br)cc(Br)c1. The van der Waals surface area contributed by atoms with Crippen molar-refractivity contribution < 1.29 is 22.6 Å². The molecule has 0 aliphatic carbocycles. The van der Waals surface area contributed by atoms with Gasteiger partial charge in [0.1, 0.15) is 11.5 Å². The number of ether oxygens (including phenoxy) is 2. The van der Waals surface area contributed by atoms with Crippen molar-refractivity contribution >= 4 is 37.5 Å². The molecule has 1 aliphatic heterocycles. The van der Waals surface area contributed by atoms with Gasteiger partial charge in [-0.3, -0.25) is 0 Å². The lowest BCUT2D eigenvalue weighted by Gasteiger charge is -2.35. The molecule has 2 aromatic carbocycles. The number of hydrogen-bond acceptors (Lipinski definition) is 4. The Kier molecular flexibility index (Phi) is 6.77. The number of hydrogen-bond donors (Lipinski definition) is 2. The summed E-state index contributed by atoms with van der Waals surface area (Å²) in [7, 11) is 1.48. The maximum Gasteiger partial charge on any atom is 0.573 e. The van der Waals surface area contributed by atoms with Crippen LogP contribution in [0.15, 0.2) is 45.3 Å². The topological polar surface area (TPSA) is 42.5 Å².